The number of nitrogens with zero attached hydrogens (tertiary/aromatic N) is 2. The largest absolute Gasteiger partial charge is 0.474 e. The molecule has 0 unspecified atom stereocenters. The van der Waals surface area contributed by atoms with Gasteiger partial charge in [-0.15, -0.1) is 0 Å². The van der Waals surface area contributed by atoms with Crippen molar-refractivity contribution in [3.05, 3.63) is 40.6 Å². The zero-order chi connectivity index (χ0) is 17.3. The van der Waals surface area contributed by atoms with Crippen molar-refractivity contribution in [3.8, 4) is 5.88 Å². The third-order valence-corrected chi connectivity index (χ3v) is 4.36. The standard InChI is InChI=1S/C16H15F3N2O3/c17-16(18,19)10-4-6-11(7-5-10)24-15-13-2-1-3-14(21(22)23)12(13)8-9-20-15/h1-3,8-11H,4-7H2/t10-,11-. The molecule has 3 rings (SSSR count). The summed E-state index contributed by atoms with van der Waals surface area (Å²) >= 11 is 0. The third-order valence-electron chi connectivity index (χ3n) is 4.36. The average Bonchev–Trinajstić information content (AvgIpc) is 2.54. The lowest BCUT2D eigenvalue weighted by atomic mass is 9.87. The Labute approximate surface area is 135 Å². The van der Waals surface area contributed by atoms with Gasteiger partial charge in [-0.2, -0.15) is 13.2 Å². The van der Waals surface area contributed by atoms with Crippen LogP contribution >= 0.6 is 0 Å². The summed E-state index contributed by atoms with van der Waals surface area (Å²) in [4.78, 5) is 14.7. The molecule has 1 heterocycles. The predicted octanol–water partition coefficient (Wildman–Crippen LogP) is 4.64. The number of hydrogen-bond acceptors (Lipinski definition) is 4. The molecular weight excluding hydrogens is 325 g/mol. The van der Waals surface area contributed by atoms with Gasteiger partial charge in [0, 0.05) is 12.3 Å². The van der Waals surface area contributed by atoms with Gasteiger partial charge in [0.1, 0.15) is 6.10 Å². The van der Waals surface area contributed by atoms with Gasteiger partial charge in [-0.1, -0.05) is 6.07 Å². The van der Waals surface area contributed by atoms with Crippen molar-refractivity contribution in [2.24, 2.45) is 5.92 Å². The SMILES string of the molecule is O=[N+]([O-])c1cccc2c(O[C@H]3CC[C@H](C(F)(F)F)CC3)nccc12. The number of non-ortho nitro benzene ring substituents is 1. The molecule has 1 saturated carbocycles. The molecule has 0 aliphatic heterocycles. The second-order valence-corrected chi connectivity index (χ2v) is 5.88. The molecule has 5 nitrogen and oxygen atoms in total. The maximum atomic E-state index is 12.7. The number of pyridine rings is 1. The number of fused-ring (bicyclic) bond motifs is 1. The van der Waals surface area contributed by atoms with Gasteiger partial charge >= 0.3 is 6.18 Å². The second-order valence-electron chi connectivity index (χ2n) is 5.88. The van der Waals surface area contributed by atoms with Crippen LogP contribution in [0.25, 0.3) is 10.8 Å². The van der Waals surface area contributed by atoms with E-state index >= 15 is 0 Å². The number of aromatic nitrogens is 1. The highest BCUT2D eigenvalue weighted by molar-refractivity contribution is 5.93. The maximum absolute atomic E-state index is 12.7. The van der Waals surface area contributed by atoms with Gasteiger partial charge in [0.2, 0.25) is 5.88 Å². The number of nitro groups is 1. The summed E-state index contributed by atoms with van der Waals surface area (Å²) in [5.41, 5.74) is -0.0551. The number of alkyl halides is 3. The highest BCUT2D eigenvalue weighted by Gasteiger charge is 2.41. The molecule has 1 aromatic carbocycles. The lowest BCUT2D eigenvalue weighted by molar-refractivity contribution is -0.383. The number of rotatable bonds is 3. The van der Waals surface area contributed by atoms with E-state index < -0.39 is 17.0 Å². The normalized spacial score (nSPS) is 21.6. The summed E-state index contributed by atoms with van der Waals surface area (Å²) in [6.45, 7) is 0. The van der Waals surface area contributed by atoms with Crippen LogP contribution in [-0.2, 0) is 0 Å². The monoisotopic (exact) mass is 340 g/mol. The van der Waals surface area contributed by atoms with Crippen LogP contribution in [0.3, 0.4) is 0 Å². The minimum absolute atomic E-state index is 0.0269. The van der Waals surface area contributed by atoms with Gasteiger partial charge in [0.15, 0.2) is 0 Å². The number of nitro benzene ring substituents is 1. The Morgan fingerprint density at radius 3 is 2.46 bits per heavy atom. The number of hydrogen-bond donors (Lipinski definition) is 0. The third kappa shape index (κ3) is 3.27. The minimum atomic E-state index is -4.16. The number of benzene rings is 1. The second kappa shape index (κ2) is 6.26. The Balaban J connectivity index is 1.80. The highest BCUT2D eigenvalue weighted by Crippen LogP contribution is 2.39. The van der Waals surface area contributed by atoms with Gasteiger partial charge in [0.25, 0.3) is 5.69 Å². The molecule has 1 aliphatic carbocycles. The molecule has 2 aromatic rings. The summed E-state index contributed by atoms with van der Waals surface area (Å²) in [5.74, 6) is -1.05. The maximum Gasteiger partial charge on any atom is 0.391 e. The van der Waals surface area contributed by atoms with Gasteiger partial charge in [-0.05, 0) is 37.8 Å². The van der Waals surface area contributed by atoms with E-state index in [1.54, 1.807) is 6.07 Å². The van der Waals surface area contributed by atoms with E-state index in [4.69, 9.17) is 4.74 Å². The van der Waals surface area contributed by atoms with Crippen molar-refractivity contribution in [3.63, 3.8) is 0 Å². The smallest absolute Gasteiger partial charge is 0.391 e. The van der Waals surface area contributed by atoms with Crippen molar-refractivity contribution in [1.29, 1.82) is 0 Å². The lowest BCUT2D eigenvalue weighted by Gasteiger charge is -2.30. The van der Waals surface area contributed by atoms with Crippen LogP contribution in [0.1, 0.15) is 25.7 Å². The molecule has 8 heteroatoms. The van der Waals surface area contributed by atoms with Crippen molar-refractivity contribution < 1.29 is 22.8 Å². The van der Waals surface area contributed by atoms with Crippen LogP contribution < -0.4 is 4.74 Å². The molecule has 1 fully saturated rings. The van der Waals surface area contributed by atoms with Crippen molar-refractivity contribution >= 4 is 16.5 Å². The quantitative estimate of drug-likeness (QED) is 0.603. The molecule has 24 heavy (non-hydrogen) atoms. The molecule has 0 atom stereocenters. The Hall–Kier alpha value is -2.38. The molecule has 1 aromatic heterocycles. The first kappa shape index (κ1) is 16.5. The predicted molar refractivity (Wildman–Crippen MR) is 80.8 cm³/mol. The summed E-state index contributed by atoms with van der Waals surface area (Å²) in [5, 5.41) is 12.0. The molecule has 0 radical (unpaired) electrons. The molecule has 0 bridgehead atoms. The Bertz CT molecular complexity index is 756. The van der Waals surface area contributed by atoms with Gasteiger partial charge in [0.05, 0.1) is 21.6 Å². The van der Waals surface area contributed by atoms with E-state index in [9.17, 15) is 23.3 Å². The topological polar surface area (TPSA) is 65.3 Å². The molecule has 0 spiro atoms. The Morgan fingerprint density at radius 1 is 1.12 bits per heavy atom. The molecule has 128 valence electrons. The van der Waals surface area contributed by atoms with Crippen LogP contribution in [0, 0.1) is 16.0 Å². The minimum Gasteiger partial charge on any atom is -0.474 e. The summed E-state index contributed by atoms with van der Waals surface area (Å²) in [6.07, 6.45) is -2.48. The average molecular weight is 340 g/mol. The van der Waals surface area contributed by atoms with Gasteiger partial charge < -0.3 is 4.74 Å². The van der Waals surface area contributed by atoms with E-state index in [0.29, 0.717) is 10.8 Å². The summed E-state index contributed by atoms with van der Waals surface area (Å²) in [7, 11) is 0. The number of ether oxygens (including phenoxy) is 1. The van der Waals surface area contributed by atoms with E-state index in [0.717, 1.165) is 0 Å². The van der Waals surface area contributed by atoms with Crippen LogP contribution in [0.5, 0.6) is 5.88 Å². The zero-order valence-electron chi connectivity index (χ0n) is 12.6. The van der Waals surface area contributed by atoms with E-state index in [-0.39, 0.29) is 43.4 Å². The Morgan fingerprint density at radius 2 is 1.83 bits per heavy atom. The first-order valence-corrected chi connectivity index (χ1v) is 7.62. The van der Waals surface area contributed by atoms with Crippen molar-refractivity contribution in [2.45, 2.75) is 38.0 Å². The number of halogens is 3. The van der Waals surface area contributed by atoms with Gasteiger partial charge in [-0.3, -0.25) is 10.1 Å². The fourth-order valence-electron chi connectivity index (χ4n) is 3.08. The van der Waals surface area contributed by atoms with Crippen LogP contribution in [0.2, 0.25) is 0 Å². The van der Waals surface area contributed by atoms with E-state index in [1.807, 2.05) is 0 Å². The van der Waals surface area contributed by atoms with Crippen LogP contribution in [-0.4, -0.2) is 22.2 Å². The van der Waals surface area contributed by atoms with E-state index in [1.165, 1.54) is 24.4 Å². The fourth-order valence-corrected chi connectivity index (χ4v) is 3.08. The van der Waals surface area contributed by atoms with Crippen LogP contribution in [0.15, 0.2) is 30.5 Å². The van der Waals surface area contributed by atoms with E-state index in [2.05, 4.69) is 4.98 Å². The molecule has 0 saturated heterocycles. The fraction of sp³-hybridized carbons (Fsp3) is 0.438. The Kier molecular flexibility index (Phi) is 4.29. The molecular formula is C16H15F3N2O3. The van der Waals surface area contributed by atoms with Crippen molar-refractivity contribution in [1.82, 2.24) is 4.98 Å². The first-order valence-electron chi connectivity index (χ1n) is 7.62. The summed E-state index contributed by atoms with van der Waals surface area (Å²) in [6, 6.07) is 6.11. The molecule has 0 N–H and O–H groups in total. The molecule has 0 amide bonds. The first-order chi connectivity index (χ1) is 11.4. The summed E-state index contributed by atoms with van der Waals surface area (Å²) < 4.78 is 43.9. The zero-order valence-corrected chi connectivity index (χ0v) is 12.6. The van der Waals surface area contributed by atoms with Gasteiger partial charge in [-0.25, -0.2) is 4.98 Å². The lowest BCUT2D eigenvalue weighted by Crippen LogP contribution is -2.32. The van der Waals surface area contributed by atoms with Crippen LogP contribution in [0.4, 0.5) is 18.9 Å². The molecule has 1 aliphatic rings. The van der Waals surface area contributed by atoms with Crippen molar-refractivity contribution in [2.75, 3.05) is 0 Å². The highest BCUT2D eigenvalue weighted by atomic mass is 19.4.